The summed E-state index contributed by atoms with van der Waals surface area (Å²) < 4.78 is 10.3. The monoisotopic (exact) mass is 332 g/mol. The lowest BCUT2D eigenvalue weighted by atomic mass is 9.88. The van der Waals surface area contributed by atoms with Crippen LogP contribution in [0.2, 0.25) is 0 Å². The zero-order valence-corrected chi connectivity index (χ0v) is 12.9. The van der Waals surface area contributed by atoms with Crippen molar-refractivity contribution in [2.24, 2.45) is 0 Å². The van der Waals surface area contributed by atoms with Crippen LogP contribution in [0, 0.1) is 0 Å². The second-order valence-electron chi connectivity index (χ2n) is 6.00. The summed E-state index contributed by atoms with van der Waals surface area (Å²) in [5.41, 5.74) is 0. The smallest absolute Gasteiger partial charge is 0.327 e. The molecule has 24 heavy (non-hydrogen) atoms. The number of aromatic nitrogens is 4. The maximum absolute atomic E-state index is 12.8. The third-order valence-corrected chi connectivity index (χ3v) is 4.64. The molecule has 0 radical (unpaired) electrons. The van der Waals surface area contributed by atoms with Crippen molar-refractivity contribution in [1.82, 2.24) is 30.5 Å². The van der Waals surface area contributed by atoms with Crippen molar-refractivity contribution in [1.29, 1.82) is 0 Å². The molecule has 2 aliphatic rings. The van der Waals surface area contributed by atoms with Crippen molar-refractivity contribution in [2.75, 3.05) is 13.1 Å². The van der Waals surface area contributed by atoms with Crippen LogP contribution in [0.25, 0.3) is 0 Å². The zero-order chi connectivity index (χ0) is 16.5. The summed E-state index contributed by atoms with van der Waals surface area (Å²) in [4.78, 5) is 27.7. The Kier molecular flexibility index (Phi) is 3.71. The highest BCUT2D eigenvalue weighted by atomic mass is 16.5. The Balaban J connectivity index is 1.59. The molecule has 2 unspecified atom stereocenters. The molecule has 2 aliphatic heterocycles. The van der Waals surface area contributed by atoms with Gasteiger partial charge in [-0.05, 0) is 19.3 Å². The van der Waals surface area contributed by atoms with Crippen LogP contribution in [-0.2, 0) is 4.79 Å². The first-order valence-corrected chi connectivity index (χ1v) is 7.89. The molecule has 2 atom stereocenters. The quantitative estimate of drug-likeness (QED) is 0.802. The molecule has 4 heterocycles. The van der Waals surface area contributed by atoms with E-state index in [0.717, 1.165) is 0 Å². The van der Waals surface area contributed by atoms with Crippen LogP contribution in [-0.4, -0.2) is 55.6 Å². The lowest BCUT2D eigenvalue weighted by Gasteiger charge is -2.38. The number of imide groups is 1. The van der Waals surface area contributed by atoms with Crippen LogP contribution in [0.4, 0.5) is 4.79 Å². The average Bonchev–Trinajstić information content (AvgIpc) is 3.35. The molecule has 0 bridgehead atoms. The first-order valence-electron chi connectivity index (χ1n) is 7.89. The van der Waals surface area contributed by atoms with Gasteiger partial charge in [-0.15, -0.1) is 10.2 Å². The summed E-state index contributed by atoms with van der Waals surface area (Å²) in [6, 6.07) is -0.641. The minimum absolute atomic E-state index is 0.0634. The normalized spacial score (nSPS) is 24.6. The maximum atomic E-state index is 12.8. The van der Waals surface area contributed by atoms with Crippen LogP contribution < -0.4 is 0 Å². The molecule has 0 N–H and O–H groups in total. The van der Waals surface area contributed by atoms with E-state index in [1.165, 1.54) is 11.1 Å². The number of nitrogens with zero attached hydrogens (tertiary/aromatic N) is 6. The summed E-state index contributed by atoms with van der Waals surface area (Å²) in [7, 11) is 0. The fourth-order valence-electron chi connectivity index (χ4n) is 3.40. The largest absolute Gasteiger partial charge is 0.342 e. The summed E-state index contributed by atoms with van der Waals surface area (Å²) in [6.07, 6.45) is 5.48. The van der Waals surface area contributed by atoms with Gasteiger partial charge in [0.15, 0.2) is 11.5 Å². The SMILES string of the molecule is O=C1CCCN1C(=O)N1CCC(c2cnno2)CC1c1cnno1. The van der Waals surface area contributed by atoms with Crippen LogP contribution in [0.5, 0.6) is 0 Å². The van der Waals surface area contributed by atoms with Crippen LogP contribution in [0.15, 0.2) is 21.4 Å². The molecular weight excluding hydrogens is 316 g/mol. The fraction of sp³-hybridized carbons (Fsp3) is 0.571. The molecule has 126 valence electrons. The highest BCUT2D eigenvalue weighted by Gasteiger charge is 2.40. The average molecular weight is 332 g/mol. The Morgan fingerprint density at radius 2 is 1.88 bits per heavy atom. The minimum Gasteiger partial charge on any atom is -0.342 e. The van der Waals surface area contributed by atoms with Gasteiger partial charge in [-0.3, -0.25) is 9.69 Å². The molecule has 0 spiro atoms. The van der Waals surface area contributed by atoms with Crippen LogP contribution in [0.1, 0.15) is 49.2 Å². The minimum atomic E-state index is -0.357. The molecule has 2 aromatic rings. The van der Waals surface area contributed by atoms with Gasteiger partial charge in [-0.1, -0.05) is 0 Å². The lowest BCUT2D eigenvalue weighted by Crippen LogP contribution is -2.48. The number of carbonyl (C=O) groups excluding carboxylic acids is 2. The summed E-state index contributed by atoms with van der Waals surface area (Å²) >= 11 is 0. The van der Waals surface area contributed by atoms with Gasteiger partial charge < -0.3 is 13.9 Å². The van der Waals surface area contributed by atoms with Gasteiger partial charge in [-0.2, -0.15) is 0 Å². The van der Waals surface area contributed by atoms with E-state index in [0.29, 0.717) is 50.3 Å². The summed E-state index contributed by atoms with van der Waals surface area (Å²) in [6.45, 7) is 0.935. The van der Waals surface area contributed by atoms with Gasteiger partial charge in [0.2, 0.25) is 5.91 Å². The molecule has 2 saturated heterocycles. The van der Waals surface area contributed by atoms with E-state index < -0.39 is 0 Å². The second-order valence-corrected chi connectivity index (χ2v) is 6.00. The molecule has 0 aromatic carbocycles. The van der Waals surface area contributed by atoms with E-state index in [9.17, 15) is 9.59 Å². The van der Waals surface area contributed by atoms with Crippen LogP contribution in [0.3, 0.4) is 0 Å². The van der Waals surface area contributed by atoms with Gasteiger partial charge in [-0.25, -0.2) is 4.79 Å². The Hall–Kier alpha value is -2.78. The Labute approximate surface area is 136 Å². The van der Waals surface area contributed by atoms with E-state index in [1.807, 2.05) is 0 Å². The van der Waals surface area contributed by atoms with Crippen molar-refractivity contribution < 1.29 is 18.6 Å². The summed E-state index contributed by atoms with van der Waals surface area (Å²) in [5, 5.41) is 14.4. The molecule has 2 aromatic heterocycles. The van der Waals surface area contributed by atoms with Crippen molar-refractivity contribution in [3.8, 4) is 0 Å². The first kappa shape index (κ1) is 14.8. The van der Waals surface area contributed by atoms with Crippen molar-refractivity contribution >= 4 is 11.9 Å². The highest BCUT2D eigenvalue weighted by Crippen LogP contribution is 2.39. The Bertz CT molecular complexity index is 716. The molecule has 0 saturated carbocycles. The zero-order valence-electron chi connectivity index (χ0n) is 12.9. The van der Waals surface area contributed by atoms with Gasteiger partial charge >= 0.3 is 6.03 Å². The number of amides is 3. The van der Waals surface area contributed by atoms with Crippen molar-refractivity contribution in [2.45, 2.75) is 37.6 Å². The number of likely N-dealkylation sites (tertiary alicyclic amines) is 2. The first-order chi connectivity index (χ1) is 11.7. The van der Waals surface area contributed by atoms with Gasteiger partial charge in [0, 0.05) is 36.0 Å². The number of urea groups is 1. The number of hydrogen-bond acceptors (Lipinski definition) is 8. The van der Waals surface area contributed by atoms with Crippen molar-refractivity contribution in [3.05, 3.63) is 23.9 Å². The standard InChI is InChI=1S/C14H16N6O4/c21-13-2-1-4-20(13)14(22)19-5-3-9(11-7-15-17-23-11)6-10(19)12-8-16-18-24-12/h7-10H,1-6H2. The van der Waals surface area contributed by atoms with Crippen LogP contribution >= 0.6 is 0 Å². The number of rotatable bonds is 2. The maximum Gasteiger partial charge on any atom is 0.327 e. The van der Waals surface area contributed by atoms with Gasteiger partial charge in [0.05, 0.1) is 18.4 Å². The Morgan fingerprint density at radius 3 is 2.50 bits per heavy atom. The molecular formula is C14H16N6O4. The molecule has 2 fully saturated rings. The fourth-order valence-corrected chi connectivity index (χ4v) is 3.40. The van der Waals surface area contributed by atoms with E-state index in [2.05, 4.69) is 20.7 Å². The number of carbonyl (C=O) groups is 2. The molecule has 3 amide bonds. The Morgan fingerprint density at radius 1 is 1.12 bits per heavy atom. The molecule has 10 nitrogen and oxygen atoms in total. The van der Waals surface area contributed by atoms with E-state index in [1.54, 1.807) is 11.1 Å². The highest BCUT2D eigenvalue weighted by molar-refractivity contribution is 5.96. The number of hydrogen-bond donors (Lipinski definition) is 0. The molecule has 0 aliphatic carbocycles. The van der Waals surface area contributed by atoms with E-state index >= 15 is 0 Å². The molecule has 4 rings (SSSR count). The van der Waals surface area contributed by atoms with Crippen molar-refractivity contribution in [3.63, 3.8) is 0 Å². The summed E-state index contributed by atoms with van der Waals surface area (Å²) in [5.74, 6) is 1.11. The predicted octanol–water partition coefficient (Wildman–Crippen LogP) is 1.12. The van der Waals surface area contributed by atoms with Gasteiger partial charge in [0.1, 0.15) is 0 Å². The third-order valence-electron chi connectivity index (χ3n) is 4.64. The second kappa shape index (κ2) is 6.02. The predicted molar refractivity (Wildman–Crippen MR) is 76.4 cm³/mol. The van der Waals surface area contributed by atoms with Gasteiger partial charge in [0.25, 0.3) is 0 Å². The lowest BCUT2D eigenvalue weighted by molar-refractivity contribution is -0.125. The number of piperidine rings is 1. The topological polar surface area (TPSA) is 118 Å². The van der Waals surface area contributed by atoms with E-state index in [-0.39, 0.29) is 23.9 Å². The van der Waals surface area contributed by atoms with E-state index in [4.69, 9.17) is 9.05 Å². The molecule has 10 heteroatoms. The third kappa shape index (κ3) is 2.53.